The van der Waals surface area contributed by atoms with Crippen molar-refractivity contribution in [1.29, 1.82) is 0 Å². The molecule has 1 aromatic carbocycles. The van der Waals surface area contributed by atoms with Crippen molar-refractivity contribution < 1.29 is 0 Å². The van der Waals surface area contributed by atoms with Crippen LogP contribution >= 0.6 is 0 Å². The van der Waals surface area contributed by atoms with Gasteiger partial charge in [0.05, 0.1) is 0 Å². The summed E-state index contributed by atoms with van der Waals surface area (Å²) in [6, 6.07) is 4.58. The van der Waals surface area contributed by atoms with Crippen molar-refractivity contribution in [2.75, 3.05) is 6.54 Å². The van der Waals surface area contributed by atoms with Gasteiger partial charge in [-0.15, -0.1) is 0 Å². The average Bonchev–Trinajstić information content (AvgIpc) is 2.57. The third-order valence-electron chi connectivity index (χ3n) is 3.46. The molecule has 15 heavy (non-hydrogen) atoms. The molecule has 0 atom stereocenters. The minimum absolute atomic E-state index is 1.01. The second-order valence-electron chi connectivity index (χ2n) is 4.49. The molecule has 0 aliphatic carbocycles. The molecule has 1 aliphatic heterocycles. The molecule has 0 saturated heterocycles. The number of aromatic amines is 1. The van der Waals surface area contributed by atoms with Crippen LogP contribution in [0.2, 0.25) is 0 Å². The van der Waals surface area contributed by atoms with E-state index in [9.17, 15) is 0 Å². The summed E-state index contributed by atoms with van der Waals surface area (Å²) < 4.78 is 0. The molecule has 0 bridgehead atoms. The summed E-state index contributed by atoms with van der Waals surface area (Å²) in [4.78, 5) is 3.54. The summed E-state index contributed by atoms with van der Waals surface area (Å²) in [5, 5.41) is 4.84. The van der Waals surface area contributed by atoms with Crippen LogP contribution in [0.3, 0.4) is 0 Å². The van der Waals surface area contributed by atoms with E-state index in [-0.39, 0.29) is 0 Å². The summed E-state index contributed by atoms with van der Waals surface area (Å²) in [6.45, 7) is 6.47. The van der Waals surface area contributed by atoms with Gasteiger partial charge in [-0.1, -0.05) is 0 Å². The van der Waals surface area contributed by atoms with Crippen LogP contribution in [-0.2, 0) is 13.0 Å². The lowest BCUT2D eigenvalue weighted by atomic mass is 10.0. The lowest BCUT2D eigenvalue weighted by Gasteiger charge is -2.12. The number of hydrogen-bond donors (Lipinski definition) is 2. The molecule has 0 amide bonds. The Balaban J connectivity index is 2.33. The maximum atomic E-state index is 3.54. The van der Waals surface area contributed by atoms with E-state index in [4.69, 9.17) is 0 Å². The zero-order valence-electron chi connectivity index (χ0n) is 9.28. The highest BCUT2D eigenvalue weighted by Crippen LogP contribution is 2.27. The largest absolute Gasteiger partial charge is 0.358 e. The third kappa shape index (κ3) is 1.29. The van der Waals surface area contributed by atoms with E-state index in [0.717, 1.165) is 19.5 Å². The minimum Gasteiger partial charge on any atom is -0.358 e. The number of fused-ring (bicyclic) bond motifs is 3. The smallest absolute Gasteiger partial charge is 0.0462 e. The zero-order chi connectivity index (χ0) is 10.4. The summed E-state index contributed by atoms with van der Waals surface area (Å²) in [5.74, 6) is 0. The molecule has 0 unspecified atom stereocenters. The SMILES string of the molecule is Cc1cc2[nH]c3c(c2cc1C)CNCC3. The minimum atomic E-state index is 1.01. The van der Waals surface area contributed by atoms with Gasteiger partial charge in [-0.3, -0.25) is 0 Å². The van der Waals surface area contributed by atoms with Gasteiger partial charge in [0.25, 0.3) is 0 Å². The predicted octanol–water partition coefficient (Wildman–Crippen LogP) is 2.43. The first-order chi connectivity index (χ1) is 7.25. The van der Waals surface area contributed by atoms with E-state index >= 15 is 0 Å². The molecule has 0 saturated carbocycles. The molecule has 1 aliphatic rings. The van der Waals surface area contributed by atoms with Crippen molar-refractivity contribution >= 4 is 10.9 Å². The Morgan fingerprint density at radius 2 is 1.93 bits per heavy atom. The molecule has 2 N–H and O–H groups in total. The molecule has 3 rings (SSSR count). The van der Waals surface area contributed by atoms with Gasteiger partial charge in [0.2, 0.25) is 0 Å². The lowest BCUT2D eigenvalue weighted by Crippen LogP contribution is -2.22. The third-order valence-corrected chi connectivity index (χ3v) is 3.46. The number of H-pyrrole nitrogens is 1. The summed E-state index contributed by atoms with van der Waals surface area (Å²) >= 11 is 0. The Morgan fingerprint density at radius 3 is 2.80 bits per heavy atom. The van der Waals surface area contributed by atoms with Gasteiger partial charge in [-0.05, 0) is 42.7 Å². The molecule has 78 valence electrons. The number of rotatable bonds is 0. The molecular weight excluding hydrogens is 184 g/mol. The highest BCUT2D eigenvalue weighted by Gasteiger charge is 2.15. The van der Waals surface area contributed by atoms with Crippen LogP contribution in [0.1, 0.15) is 22.4 Å². The first kappa shape index (κ1) is 8.98. The van der Waals surface area contributed by atoms with Gasteiger partial charge in [0.15, 0.2) is 0 Å². The Kier molecular flexibility index (Phi) is 1.86. The quantitative estimate of drug-likeness (QED) is 0.671. The van der Waals surface area contributed by atoms with E-state index < -0.39 is 0 Å². The monoisotopic (exact) mass is 200 g/mol. The van der Waals surface area contributed by atoms with Gasteiger partial charge in [0.1, 0.15) is 0 Å². The maximum absolute atomic E-state index is 3.54. The van der Waals surface area contributed by atoms with Gasteiger partial charge < -0.3 is 10.3 Å². The molecule has 2 heterocycles. The normalized spacial score (nSPS) is 15.6. The maximum Gasteiger partial charge on any atom is 0.0462 e. The second kappa shape index (κ2) is 3.11. The van der Waals surface area contributed by atoms with Crippen LogP contribution in [0.4, 0.5) is 0 Å². The van der Waals surface area contributed by atoms with Crippen molar-refractivity contribution in [3.63, 3.8) is 0 Å². The van der Waals surface area contributed by atoms with Crippen LogP contribution in [0.5, 0.6) is 0 Å². The van der Waals surface area contributed by atoms with Crippen molar-refractivity contribution in [2.24, 2.45) is 0 Å². The molecule has 2 nitrogen and oxygen atoms in total. The van der Waals surface area contributed by atoms with Crippen LogP contribution in [0.15, 0.2) is 12.1 Å². The summed E-state index contributed by atoms with van der Waals surface area (Å²) in [7, 11) is 0. The molecular formula is C13H16N2. The Morgan fingerprint density at radius 1 is 1.13 bits per heavy atom. The molecule has 0 fully saturated rings. The standard InChI is InChI=1S/C13H16N2/c1-8-5-10-11-7-14-4-3-12(11)15-13(10)6-9(8)2/h5-6,14-15H,3-4,7H2,1-2H3. The van der Waals surface area contributed by atoms with E-state index in [0.29, 0.717) is 0 Å². The van der Waals surface area contributed by atoms with Crippen LogP contribution in [0, 0.1) is 13.8 Å². The first-order valence-electron chi connectivity index (χ1n) is 5.57. The number of aromatic nitrogens is 1. The van der Waals surface area contributed by atoms with Crippen LogP contribution in [-0.4, -0.2) is 11.5 Å². The first-order valence-corrected chi connectivity index (χ1v) is 5.57. The van der Waals surface area contributed by atoms with E-state index in [2.05, 4.69) is 36.3 Å². The van der Waals surface area contributed by atoms with Crippen molar-refractivity contribution in [1.82, 2.24) is 10.3 Å². The second-order valence-corrected chi connectivity index (χ2v) is 4.49. The fraction of sp³-hybridized carbons (Fsp3) is 0.385. The highest BCUT2D eigenvalue weighted by atomic mass is 14.9. The Hall–Kier alpha value is -1.28. The molecule has 0 radical (unpaired) electrons. The molecule has 1 aromatic heterocycles. The average molecular weight is 200 g/mol. The van der Waals surface area contributed by atoms with Crippen LogP contribution in [0.25, 0.3) is 10.9 Å². The lowest BCUT2D eigenvalue weighted by molar-refractivity contribution is 0.641. The summed E-state index contributed by atoms with van der Waals surface area (Å²) in [5.41, 5.74) is 6.95. The zero-order valence-corrected chi connectivity index (χ0v) is 9.28. The van der Waals surface area contributed by atoms with E-state index in [1.807, 2.05) is 0 Å². The fourth-order valence-corrected chi connectivity index (χ4v) is 2.41. The van der Waals surface area contributed by atoms with Crippen LogP contribution < -0.4 is 5.32 Å². The topological polar surface area (TPSA) is 27.8 Å². The van der Waals surface area contributed by atoms with Crippen molar-refractivity contribution in [2.45, 2.75) is 26.8 Å². The van der Waals surface area contributed by atoms with E-state index in [1.54, 1.807) is 0 Å². The predicted molar refractivity (Wildman–Crippen MR) is 63.2 cm³/mol. The van der Waals surface area contributed by atoms with Crippen molar-refractivity contribution in [3.8, 4) is 0 Å². The fourth-order valence-electron chi connectivity index (χ4n) is 2.41. The number of benzene rings is 1. The van der Waals surface area contributed by atoms with Gasteiger partial charge in [-0.2, -0.15) is 0 Å². The number of hydrogen-bond acceptors (Lipinski definition) is 1. The Bertz CT molecular complexity index is 523. The van der Waals surface area contributed by atoms with Gasteiger partial charge in [0, 0.05) is 36.1 Å². The van der Waals surface area contributed by atoms with Gasteiger partial charge >= 0.3 is 0 Å². The number of nitrogens with one attached hydrogen (secondary N) is 2. The summed E-state index contributed by atoms with van der Waals surface area (Å²) in [6.07, 6.45) is 1.13. The molecule has 2 heteroatoms. The molecule has 0 spiro atoms. The van der Waals surface area contributed by atoms with Gasteiger partial charge in [-0.25, -0.2) is 0 Å². The molecule has 2 aromatic rings. The Labute approximate surface area is 89.7 Å². The number of aryl methyl sites for hydroxylation is 2. The van der Waals surface area contributed by atoms with E-state index in [1.165, 1.54) is 33.3 Å². The highest BCUT2D eigenvalue weighted by molar-refractivity contribution is 5.86. The van der Waals surface area contributed by atoms with Crippen molar-refractivity contribution in [3.05, 3.63) is 34.5 Å².